The molecule has 0 aromatic heterocycles. The van der Waals surface area contributed by atoms with Crippen molar-refractivity contribution in [3.63, 3.8) is 0 Å². The van der Waals surface area contributed by atoms with Crippen molar-refractivity contribution in [2.75, 3.05) is 27.2 Å². The summed E-state index contributed by atoms with van der Waals surface area (Å²) in [7, 11) is 4.53. The van der Waals surface area contributed by atoms with E-state index in [1.54, 1.807) is 0 Å². The van der Waals surface area contributed by atoms with Crippen LogP contribution >= 0.6 is 0 Å². The summed E-state index contributed by atoms with van der Waals surface area (Å²) in [5, 5.41) is 0. The number of likely N-dealkylation sites (N-methyl/N-ethyl adjacent to an activating group) is 1. The van der Waals surface area contributed by atoms with Crippen LogP contribution in [0.4, 0.5) is 0 Å². The molecule has 0 amide bonds. The molecule has 0 saturated carbocycles. The zero-order valence-electron chi connectivity index (χ0n) is 9.59. The van der Waals surface area contributed by atoms with E-state index in [1.165, 1.54) is 0 Å². The third-order valence-electron chi connectivity index (χ3n) is 2.00. The van der Waals surface area contributed by atoms with E-state index in [-0.39, 0.29) is 0 Å². The quantitative estimate of drug-likeness (QED) is 0.437. The van der Waals surface area contributed by atoms with Gasteiger partial charge >= 0.3 is 0 Å². The molecule has 0 unspecified atom stereocenters. The van der Waals surface area contributed by atoms with Gasteiger partial charge in [0.15, 0.2) is 0 Å². The number of allylic oxidation sites excluding steroid dienone is 2. The second-order valence-corrected chi connectivity index (χ2v) is 4.06. The summed E-state index contributed by atoms with van der Waals surface area (Å²) in [6, 6.07) is 0. The lowest BCUT2D eigenvalue weighted by Gasteiger charge is -2.26. The zero-order chi connectivity index (χ0) is 10.2. The lowest BCUT2D eigenvalue weighted by atomic mass is 10.3. The van der Waals surface area contributed by atoms with Gasteiger partial charge in [-0.25, -0.2) is 0 Å². The van der Waals surface area contributed by atoms with Gasteiger partial charge in [0.25, 0.3) is 0 Å². The molecule has 0 radical (unpaired) electrons. The van der Waals surface area contributed by atoms with Crippen molar-refractivity contribution < 1.29 is 4.48 Å². The maximum atomic E-state index is 2.28. The Balaban J connectivity index is 3.78. The van der Waals surface area contributed by atoms with Gasteiger partial charge in [-0.1, -0.05) is 26.0 Å². The summed E-state index contributed by atoms with van der Waals surface area (Å²) < 4.78 is 1.05. The molecular weight excluding hydrogens is 158 g/mol. The minimum atomic E-state index is 1.05. The number of nitrogens with zero attached hydrogens (tertiary/aromatic N) is 1. The van der Waals surface area contributed by atoms with Crippen molar-refractivity contribution >= 4 is 0 Å². The van der Waals surface area contributed by atoms with Crippen molar-refractivity contribution in [1.29, 1.82) is 0 Å². The van der Waals surface area contributed by atoms with Gasteiger partial charge in [-0.3, -0.25) is 0 Å². The second-order valence-electron chi connectivity index (χ2n) is 4.06. The third-order valence-corrected chi connectivity index (χ3v) is 2.00. The number of quaternary nitrogens is 1. The second kappa shape index (κ2) is 6.90. The van der Waals surface area contributed by atoms with Crippen LogP contribution < -0.4 is 0 Å². The van der Waals surface area contributed by atoms with E-state index in [0.717, 1.165) is 30.4 Å². The molecule has 0 aliphatic rings. The van der Waals surface area contributed by atoms with E-state index >= 15 is 0 Å². The topological polar surface area (TPSA) is 0 Å². The molecule has 0 N–H and O–H groups in total. The lowest BCUT2D eigenvalue weighted by Crippen LogP contribution is -2.39. The standard InChI is InChI=1S/C12H24N/c1-5-7-9-11-13(3,4)12-10-8-6-2/h7-10H,5-6,11-12H2,1-4H3/q+1. The van der Waals surface area contributed by atoms with Crippen LogP contribution in [0.25, 0.3) is 0 Å². The first-order valence-corrected chi connectivity index (χ1v) is 5.24. The van der Waals surface area contributed by atoms with Crippen LogP contribution in [-0.2, 0) is 0 Å². The number of hydrogen-bond donors (Lipinski definition) is 0. The van der Waals surface area contributed by atoms with E-state index in [1.807, 2.05) is 0 Å². The molecule has 0 atom stereocenters. The predicted molar refractivity (Wildman–Crippen MR) is 60.7 cm³/mol. The Morgan fingerprint density at radius 1 is 0.769 bits per heavy atom. The van der Waals surface area contributed by atoms with Gasteiger partial charge in [0.2, 0.25) is 0 Å². The molecule has 0 aliphatic heterocycles. The Morgan fingerprint density at radius 3 is 1.46 bits per heavy atom. The van der Waals surface area contributed by atoms with E-state index < -0.39 is 0 Å². The van der Waals surface area contributed by atoms with Crippen LogP contribution in [0.2, 0.25) is 0 Å². The Kier molecular flexibility index (Phi) is 6.61. The largest absolute Gasteiger partial charge is 0.322 e. The zero-order valence-corrected chi connectivity index (χ0v) is 9.59. The van der Waals surface area contributed by atoms with E-state index in [4.69, 9.17) is 0 Å². The fraction of sp³-hybridized carbons (Fsp3) is 0.667. The Hall–Kier alpha value is -0.560. The minimum Gasteiger partial charge on any atom is -0.322 e. The van der Waals surface area contributed by atoms with E-state index in [2.05, 4.69) is 52.2 Å². The van der Waals surface area contributed by atoms with E-state index in [9.17, 15) is 0 Å². The van der Waals surface area contributed by atoms with Gasteiger partial charge in [-0.15, -0.1) is 0 Å². The molecule has 0 fully saturated rings. The first kappa shape index (κ1) is 12.4. The van der Waals surface area contributed by atoms with Crippen LogP contribution in [-0.4, -0.2) is 31.7 Å². The Morgan fingerprint density at radius 2 is 1.15 bits per heavy atom. The number of hydrogen-bond acceptors (Lipinski definition) is 0. The summed E-state index contributed by atoms with van der Waals surface area (Å²) in [4.78, 5) is 0. The average molecular weight is 182 g/mol. The van der Waals surface area contributed by atoms with Gasteiger partial charge < -0.3 is 4.48 Å². The molecule has 0 bridgehead atoms. The van der Waals surface area contributed by atoms with Crippen molar-refractivity contribution in [1.82, 2.24) is 0 Å². The molecule has 0 aromatic carbocycles. The van der Waals surface area contributed by atoms with Crippen LogP contribution in [0.1, 0.15) is 26.7 Å². The van der Waals surface area contributed by atoms with Crippen molar-refractivity contribution in [2.45, 2.75) is 26.7 Å². The molecule has 0 aromatic rings. The summed E-state index contributed by atoms with van der Waals surface area (Å²) in [6.45, 7) is 6.60. The smallest absolute Gasteiger partial charge is 0.0972 e. The molecule has 0 heterocycles. The molecule has 0 rings (SSSR count). The molecule has 0 spiro atoms. The first-order valence-electron chi connectivity index (χ1n) is 5.24. The first-order chi connectivity index (χ1) is 6.12. The van der Waals surface area contributed by atoms with Crippen molar-refractivity contribution in [3.8, 4) is 0 Å². The van der Waals surface area contributed by atoms with Gasteiger partial charge in [-0.05, 0) is 25.0 Å². The van der Waals surface area contributed by atoms with Crippen LogP contribution in [0.15, 0.2) is 24.3 Å². The fourth-order valence-corrected chi connectivity index (χ4v) is 1.13. The minimum absolute atomic E-state index is 1.05. The molecular formula is C12H24N+. The molecule has 76 valence electrons. The summed E-state index contributed by atoms with van der Waals surface area (Å²) >= 11 is 0. The normalized spacial score (nSPS) is 13.2. The van der Waals surface area contributed by atoms with Crippen LogP contribution in [0.3, 0.4) is 0 Å². The Bertz CT molecular complexity index is 148. The van der Waals surface area contributed by atoms with Gasteiger partial charge in [-0.2, -0.15) is 0 Å². The molecule has 1 nitrogen and oxygen atoms in total. The highest BCUT2D eigenvalue weighted by molar-refractivity contribution is 4.83. The van der Waals surface area contributed by atoms with Gasteiger partial charge in [0.05, 0.1) is 27.2 Å². The summed E-state index contributed by atoms with van der Waals surface area (Å²) in [5.41, 5.74) is 0. The fourth-order valence-electron chi connectivity index (χ4n) is 1.13. The van der Waals surface area contributed by atoms with Crippen LogP contribution in [0, 0.1) is 0 Å². The van der Waals surface area contributed by atoms with Crippen molar-refractivity contribution in [2.24, 2.45) is 0 Å². The van der Waals surface area contributed by atoms with Crippen molar-refractivity contribution in [3.05, 3.63) is 24.3 Å². The monoisotopic (exact) mass is 182 g/mol. The van der Waals surface area contributed by atoms with Gasteiger partial charge in [0.1, 0.15) is 0 Å². The highest BCUT2D eigenvalue weighted by Gasteiger charge is 2.08. The third kappa shape index (κ3) is 7.79. The summed E-state index contributed by atoms with van der Waals surface area (Å²) in [6.07, 6.45) is 11.3. The Labute approximate surface area is 83.3 Å². The molecule has 0 saturated heterocycles. The number of rotatable bonds is 6. The van der Waals surface area contributed by atoms with Gasteiger partial charge in [0, 0.05) is 0 Å². The average Bonchev–Trinajstić information content (AvgIpc) is 2.05. The lowest BCUT2D eigenvalue weighted by molar-refractivity contribution is -0.878. The molecule has 0 aliphatic carbocycles. The maximum Gasteiger partial charge on any atom is 0.0972 e. The molecule has 1 heteroatoms. The van der Waals surface area contributed by atoms with E-state index in [0.29, 0.717) is 0 Å². The predicted octanol–water partition coefficient (Wildman–Crippen LogP) is 3.00. The molecule has 13 heavy (non-hydrogen) atoms. The maximum absolute atomic E-state index is 2.28. The van der Waals surface area contributed by atoms with Crippen LogP contribution in [0.5, 0.6) is 0 Å². The highest BCUT2D eigenvalue weighted by Crippen LogP contribution is 1.98. The summed E-state index contributed by atoms with van der Waals surface area (Å²) in [5.74, 6) is 0. The SMILES string of the molecule is CCC=CC[N+](C)(C)CC=CCC. The highest BCUT2D eigenvalue weighted by atomic mass is 15.3.